The highest BCUT2D eigenvalue weighted by Gasteiger charge is 2.30. The molecule has 1 aliphatic heterocycles. The SMILES string of the molecule is CCOC(=O)C1CCCN(C(=O)Cn2c(=O)n(-c3ccccc3F)c(=O)c3sccc32)C1. The molecule has 0 saturated carbocycles. The van der Waals surface area contributed by atoms with Crippen LogP contribution in [0.2, 0.25) is 0 Å². The van der Waals surface area contributed by atoms with Crippen molar-refractivity contribution in [2.24, 2.45) is 5.92 Å². The number of thiophene rings is 1. The third-order valence-electron chi connectivity index (χ3n) is 5.54. The summed E-state index contributed by atoms with van der Waals surface area (Å²) in [5, 5.41) is 1.65. The fraction of sp³-hybridized carbons (Fsp3) is 0.364. The second-order valence-corrected chi connectivity index (χ2v) is 8.44. The van der Waals surface area contributed by atoms with Crippen LogP contribution in [0.15, 0.2) is 45.3 Å². The molecule has 3 aromatic rings. The van der Waals surface area contributed by atoms with E-state index in [1.807, 2.05) is 0 Å². The minimum Gasteiger partial charge on any atom is -0.466 e. The average molecular weight is 459 g/mol. The van der Waals surface area contributed by atoms with Gasteiger partial charge in [0.2, 0.25) is 5.91 Å². The predicted molar refractivity (Wildman–Crippen MR) is 118 cm³/mol. The molecule has 1 unspecified atom stereocenters. The Labute approximate surface area is 186 Å². The quantitative estimate of drug-likeness (QED) is 0.546. The number of esters is 1. The molecule has 0 N–H and O–H groups in total. The molecule has 0 spiro atoms. The zero-order valence-electron chi connectivity index (χ0n) is 17.5. The number of amides is 1. The van der Waals surface area contributed by atoms with Crippen LogP contribution in [0.1, 0.15) is 19.8 Å². The van der Waals surface area contributed by atoms with Crippen molar-refractivity contribution in [1.29, 1.82) is 0 Å². The van der Waals surface area contributed by atoms with Crippen LogP contribution < -0.4 is 11.2 Å². The molecule has 0 bridgehead atoms. The summed E-state index contributed by atoms with van der Waals surface area (Å²) in [6.45, 7) is 2.35. The first-order valence-electron chi connectivity index (χ1n) is 10.3. The lowest BCUT2D eigenvalue weighted by Gasteiger charge is -2.31. The molecular formula is C22H22FN3O5S. The number of ether oxygens (including phenoxy) is 1. The molecule has 4 rings (SSSR count). The normalized spacial score (nSPS) is 16.3. The van der Waals surface area contributed by atoms with Gasteiger partial charge in [0.05, 0.1) is 23.7 Å². The lowest BCUT2D eigenvalue weighted by atomic mass is 9.98. The van der Waals surface area contributed by atoms with E-state index in [2.05, 4.69) is 0 Å². The maximum atomic E-state index is 14.4. The van der Waals surface area contributed by atoms with Crippen LogP contribution >= 0.6 is 11.3 Å². The van der Waals surface area contributed by atoms with Gasteiger partial charge in [-0.05, 0) is 43.3 Å². The van der Waals surface area contributed by atoms with E-state index in [-0.39, 0.29) is 42.0 Å². The zero-order chi connectivity index (χ0) is 22.8. The highest BCUT2D eigenvalue weighted by atomic mass is 32.1. The molecule has 1 saturated heterocycles. The van der Waals surface area contributed by atoms with Crippen molar-refractivity contribution in [3.8, 4) is 5.69 Å². The van der Waals surface area contributed by atoms with Gasteiger partial charge in [-0.2, -0.15) is 0 Å². The first-order valence-corrected chi connectivity index (χ1v) is 11.2. The minimum atomic E-state index is -0.793. The topological polar surface area (TPSA) is 90.6 Å². The average Bonchev–Trinajstić information content (AvgIpc) is 3.28. The van der Waals surface area contributed by atoms with Crippen molar-refractivity contribution >= 4 is 33.4 Å². The lowest BCUT2D eigenvalue weighted by molar-refractivity contribution is -0.151. The highest BCUT2D eigenvalue weighted by Crippen LogP contribution is 2.20. The number of fused-ring (bicyclic) bond motifs is 1. The molecule has 0 radical (unpaired) electrons. The van der Waals surface area contributed by atoms with E-state index < -0.39 is 23.0 Å². The molecule has 0 aliphatic carbocycles. The fourth-order valence-electron chi connectivity index (χ4n) is 3.98. The van der Waals surface area contributed by atoms with E-state index >= 15 is 0 Å². The van der Waals surface area contributed by atoms with Crippen molar-refractivity contribution < 1.29 is 18.7 Å². The summed E-state index contributed by atoms with van der Waals surface area (Å²) >= 11 is 1.12. The number of halogens is 1. The zero-order valence-corrected chi connectivity index (χ0v) is 18.3. The number of hydrogen-bond donors (Lipinski definition) is 0. The fourth-order valence-corrected chi connectivity index (χ4v) is 4.80. The van der Waals surface area contributed by atoms with Gasteiger partial charge in [-0.15, -0.1) is 11.3 Å². The monoisotopic (exact) mass is 459 g/mol. The Hall–Kier alpha value is -3.27. The van der Waals surface area contributed by atoms with Crippen LogP contribution in [0, 0.1) is 11.7 Å². The predicted octanol–water partition coefficient (Wildman–Crippen LogP) is 2.15. The first-order chi connectivity index (χ1) is 15.4. The summed E-state index contributed by atoms with van der Waals surface area (Å²) in [6.07, 6.45) is 1.28. The van der Waals surface area contributed by atoms with Gasteiger partial charge in [0, 0.05) is 13.1 Å². The van der Waals surface area contributed by atoms with Gasteiger partial charge in [-0.1, -0.05) is 12.1 Å². The molecule has 1 aliphatic rings. The molecule has 1 aromatic carbocycles. The highest BCUT2D eigenvalue weighted by molar-refractivity contribution is 7.17. The number of carbonyl (C=O) groups is 2. The summed E-state index contributed by atoms with van der Waals surface area (Å²) in [5.41, 5.74) is -1.27. The number of carbonyl (C=O) groups excluding carboxylic acids is 2. The maximum Gasteiger partial charge on any atom is 0.336 e. The van der Waals surface area contributed by atoms with Crippen LogP contribution in [-0.2, 0) is 20.9 Å². The van der Waals surface area contributed by atoms with Gasteiger partial charge in [-0.3, -0.25) is 19.0 Å². The molecule has 168 valence electrons. The van der Waals surface area contributed by atoms with Gasteiger partial charge < -0.3 is 9.64 Å². The number of benzene rings is 1. The number of para-hydroxylation sites is 1. The Morgan fingerprint density at radius 2 is 2.00 bits per heavy atom. The molecule has 8 nitrogen and oxygen atoms in total. The third kappa shape index (κ3) is 3.97. The van der Waals surface area contributed by atoms with E-state index in [1.54, 1.807) is 18.4 Å². The van der Waals surface area contributed by atoms with E-state index in [1.165, 1.54) is 33.7 Å². The van der Waals surface area contributed by atoms with Crippen molar-refractivity contribution in [2.75, 3.05) is 19.7 Å². The van der Waals surface area contributed by atoms with E-state index in [0.29, 0.717) is 24.9 Å². The first kappa shape index (κ1) is 21.9. The second-order valence-electron chi connectivity index (χ2n) is 7.53. The van der Waals surface area contributed by atoms with Crippen LogP contribution in [0.3, 0.4) is 0 Å². The summed E-state index contributed by atoms with van der Waals surface area (Å²) in [6, 6.07) is 7.10. The van der Waals surface area contributed by atoms with E-state index in [0.717, 1.165) is 15.9 Å². The van der Waals surface area contributed by atoms with Crippen molar-refractivity contribution in [3.63, 3.8) is 0 Å². The lowest BCUT2D eigenvalue weighted by Crippen LogP contribution is -2.46. The van der Waals surface area contributed by atoms with Crippen molar-refractivity contribution in [3.05, 3.63) is 62.4 Å². The molecule has 1 amide bonds. The smallest absolute Gasteiger partial charge is 0.336 e. The summed E-state index contributed by atoms with van der Waals surface area (Å²) in [5.74, 6) is -1.81. The van der Waals surface area contributed by atoms with Gasteiger partial charge in [-0.25, -0.2) is 13.8 Å². The van der Waals surface area contributed by atoms with Crippen LogP contribution in [0.5, 0.6) is 0 Å². The Morgan fingerprint density at radius 3 is 2.75 bits per heavy atom. The molecule has 1 atom stereocenters. The number of nitrogens with zero attached hydrogens (tertiary/aromatic N) is 3. The van der Waals surface area contributed by atoms with Gasteiger partial charge in [0.1, 0.15) is 17.1 Å². The molecule has 1 fully saturated rings. The Bertz CT molecular complexity index is 1290. The molecule has 3 heterocycles. The van der Waals surface area contributed by atoms with Crippen LogP contribution in [0.4, 0.5) is 4.39 Å². The molecular weight excluding hydrogens is 437 g/mol. The summed E-state index contributed by atoms with van der Waals surface area (Å²) < 4.78 is 21.7. The number of aromatic nitrogens is 2. The van der Waals surface area contributed by atoms with Gasteiger partial charge in [0.25, 0.3) is 5.56 Å². The van der Waals surface area contributed by atoms with Crippen molar-refractivity contribution in [2.45, 2.75) is 26.3 Å². The third-order valence-corrected chi connectivity index (χ3v) is 6.43. The molecule has 10 heteroatoms. The van der Waals surface area contributed by atoms with Gasteiger partial charge >= 0.3 is 11.7 Å². The number of hydrogen-bond acceptors (Lipinski definition) is 6. The second kappa shape index (κ2) is 9.07. The van der Waals surface area contributed by atoms with Gasteiger partial charge in [0.15, 0.2) is 0 Å². The maximum absolute atomic E-state index is 14.4. The van der Waals surface area contributed by atoms with E-state index in [4.69, 9.17) is 4.74 Å². The number of likely N-dealkylation sites (tertiary alicyclic amines) is 1. The Balaban J connectivity index is 1.71. The van der Waals surface area contributed by atoms with E-state index in [9.17, 15) is 23.6 Å². The number of piperidine rings is 1. The Kier molecular flexibility index (Phi) is 6.22. The largest absolute Gasteiger partial charge is 0.466 e. The summed E-state index contributed by atoms with van der Waals surface area (Å²) in [4.78, 5) is 52.9. The standard InChI is InChI=1S/C22H22FN3O5S/c1-2-31-21(29)14-6-5-10-24(12-14)18(27)13-25-17-9-11-32-19(17)20(28)26(22(25)30)16-8-4-3-7-15(16)23/h3-4,7-9,11,14H,2,5-6,10,12-13H2,1H3. The molecule has 2 aromatic heterocycles. The Morgan fingerprint density at radius 1 is 1.22 bits per heavy atom. The number of rotatable bonds is 5. The van der Waals surface area contributed by atoms with Crippen LogP contribution in [-0.4, -0.2) is 45.6 Å². The van der Waals surface area contributed by atoms with Crippen LogP contribution in [0.25, 0.3) is 15.9 Å². The summed E-state index contributed by atoms with van der Waals surface area (Å²) in [7, 11) is 0. The molecule has 32 heavy (non-hydrogen) atoms. The van der Waals surface area contributed by atoms with Crippen molar-refractivity contribution in [1.82, 2.24) is 14.0 Å². The minimum absolute atomic E-state index is 0.167.